The Morgan fingerprint density at radius 3 is 2.22 bits per heavy atom. The molecule has 1 aliphatic heterocycles. The van der Waals surface area contributed by atoms with Gasteiger partial charge in [0.15, 0.2) is 0 Å². The van der Waals surface area contributed by atoms with Gasteiger partial charge in [-0.3, -0.25) is 4.90 Å². The third-order valence-electron chi connectivity index (χ3n) is 7.71. The maximum absolute atomic E-state index is 4.94. The molecular formula is C28H34N4. The van der Waals surface area contributed by atoms with Crippen LogP contribution in [0, 0.1) is 6.92 Å². The molecule has 0 N–H and O–H groups in total. The van der Waals surface area contributed by atoms with E-state index in [2.05, 4.69) is 91.3 Å². The van der Waals surface area contributed by atoms with Crippen LogP contribution in [0.2, 0.25) is 0 Å². The van der Waals surface area contributed by atoms with E-state index in [1.54, 1.807) is 0 Å². The summed E-state index contributed by atoms with van der Waals surface area (Å²) in [7, 11) is 4.15. The molecule has 4 heteroatoms. The van der Waals surface area contributed by atoms with Gasteiger partial charge in [-0.1, -0.05) is 48.4 Å². The number of nitrogens with zero attached hydrogens (tertiary/aromatic N) is 4. The van der Waals surface area contributed by atoms with Crippen molar-refractivity contribution in [1.82, 2.24) is 14.9 Å². The molecule has 1 aromatic heterocycles. The molecule has 1 saturated carbocycles. The minimum absolute atomic E-state index is 0.200. The molecule has 0 saturated heterocycles. The lowest BCUT2D eigenvalue weighted by molar-refractivity contribution is 0.301. The Kier molecular flexibility index (Phi) is 5.50. The summed E-state index contributed by atoms with van der Waals surface area (Å²) in [5.74, 6) is 0.913. The van der Waals surface area contributed by atoms with E-state index in [9.17, 15) is 0 Å². The number of hydrogen-bond donors (Lipinski definition) is 0. The molecule has 32 heavy (non-hydrogen) atoms. The van der Waals surface area contributed by atoms with Gasteiger partial charge in [0.05, 0.1) is 18.3 Å². The molecule has 1 atom stereocenters. The monoisotopic (exact) mass is 426 g/mol. The Morgan fingerprint density at radius 2 is 1.62 bits per heavy atom. The molecule has 2 aromatic carbocycles. The quantitative estimate of drug-likeness (QED) is 0.544. The smallest absolute Gasteiger partial charge is 0.145 e. The summed E-state index contributed by atoms with van der Waals surface area (Å²) in [4.78, 5) is 14.2. The lowest BCUT2D eigenvalue weighted by Gasteiger charge is -2.43. The first-order chi connectivity index (χ1) is 15.5. The first-order valence-electron chi connectivity index (χ1n) is 11.9. The summed E-state index contributed by atoms with van der Waals surface area (Å²) in [5.41, 5.74) is 8.21. The Labute approximate surface area is 192 Å². The first kappa shape index (κ1) is 21.1. The average Bonchev–Trinajstić information content (AvgIpc) is 2.79. The van der Waals surface area contributed by atoms with Gasteiger partial charge >= 0.3 is 0 Å². The van der Waals surface area contributed by atoms with E-state index >= 15 is 0 Å². The zero-order valence-corrected chi connectivity index (χ0v) is 19.8. The molecule has 2 heterocycles. The number of hydrogen-bond acceptors (Lipinski definition) is 4. The molecule has 2 aliphatic rings. The van der Waals surface area contributed by atoms with Crippen LogP contribution in [0.4, 0.5) is 5.69 Å². The van der Waals surface area contributed by atoms with E-state index in [0.29, 0.717) is 0 Å². The second kappa shape index (κ2) is 8.32. The van der Waals surface area contributed by atoms with Gasteiger partial charge in [0.1, 0.15) is 5.82 Å². The lowest BCUT2D eigenvalue weighted by atomic mass is 9.60. The first-order valence-corrected chi connectivity index (χ1v) is 11.9. The van der Waals surface area contributed by atoms with Gasteiger partial charge in [-0.25, -0.2) is 9.97 Å². The molecule has 4 nitrogen and oxygen atoms in total. The maximum atomic E-state index is 4.94. The summed E-state index contributed by atoms with van der Waals surface area (Å²) in [6, 6.07) is 18.7. The highest BCUT2D eigenvalue weighted by Gasteiger charge is 2.40. The second-order valence-electron chi connectivity index (χ2n) is 9.86. The highest BCUT2D eigenvalue weighted by Crippen LogP contribution is 2.49. The summed E-state index contributed by atoms with van der Waals surface area (Å²) < 4.78 is 0. The second-order valence-corrected chi connectivity index (χ2v) is 9.86. The number of aromatic nitrogens is 2. The number of fused-ring (bicyclic) bond motifs is 1. The van der Waals surface area contributed by atoms with Crippen LogP contribution < -0.4 is 4.90 Å². The van der Waals surface area contributed by atoms with Gasteiger partial charge in [0.25, 0.3) is 0 Å². The predicted octanol–water partition coefficient (Wildman–Crippen LogP) is 5.44. The van der Waals surface area contributed by atoms with Crippen molar-refractivity contribution >= 4 is 5.69 Å². The highest BCUT2D eigenvalue weighted by molar-refractivity contribution is 5.53. The molecule has 0 spiro atoms. The molecule has 1 fully saturated rings. The van der Waals surface area contributed by atoms with Gasteiger partial charge < -0.3 is 4.90 Å². The van der Waals surface area contributed by atoms with Crippen molar-refractivity contribution in [1.29, 1.82) is 0 Å². The Hall–Kier alpha value is -2.72. The minimum atomic E-state index is 0.200. The highest BCUT2D eigenvalue weighted by atomic mass is 15.2. The van der Waals surface area contributed by atoms with Gasteiger partial charge in [-0.15, -0.1) is 0 Å². The minimum Gasteiger partial charge on any atom is -0.365 e. The standard InChI is InChI=1S/C28H34N4/c1-20-6-8-23(9-7-20)28(15-5-16-28)24-10-12-25(13-11-24)32-17-14-22-18-29-27(21(2)31(3)4)30-26(22)19-32/h6-13,18,21H,5,14-17,19H2,1-4H3. The van der Waals surface area contributed by atoms with Crippen LogP contribution in [0.3, 0.4) is 0 Å². The van der Waals surface area contributed by atoms with Crippen LogP contribution >= 0.6 is 0 Å². The lowest BCUT2D eigenvalue weighted by Crippen LogP contribution is -2.35. The fourth-order valence-electron chi connectivity index (χ4n) is 5.11. The van der Waals surface area contributed by atoms with Crippen LogP contribution in [0.5, 0.6) is 0 Å². The molecule has 1 aliphatic carbocycles. The normalized spacial score (nSPS) is 18.2. The van der Waals surface area contributed by atoms with Crippen LogP contribution in [0.25, 0.3) is 0 Å². The van der Waals surface area contributed by atoms with Gasteiger partial charge in [-0.05, 0) is 76.0 Å². The fourth-order valence-corrected chi connectivity index (χ4v) is 5.11. The fraction of sp³-hybridized carbons (Fsp3) is 0.429. The summed E-state index contributed by atoms with van der Waals surface area (Å²) >= 11 is 0. The summed E-state index contributed by atoms with van der Waals surface area (Å²) in [5, 5.41) is 0. The Bertz CT molecular complexity index is 1080. The number of anilines is 1. The van der Waals surface area contributed by atoms with Crippen LogP contribution in [-0.2, 0) is 18.4 Å². The van der Waals surface area contributed by atoms with E-state index in [1.807, 2.05) is 6.20 Å². The van der Waals surface area contributed by atoms with E-state index in [1.165, 1.54) is 52.9 Å². The van der Waals surface area contributed by atoms with Crippen molar-refractivity contribution in [3.05, 3.63) is 88.5 Å². The Morgan fingerprint density at radius 1 is 0.969 bits per heavy atom. The third kappa shape index (κ3) is 3.71. The van der Waals surface area contributed by atoms with Crippen molar-refractivity contribution in [3.8, 4) is 0 Å². The number of benzene rings is 2. The van der Waals surface area contributed by atoms with Gasteiger partial charge in [0.2, 0.25) is 0 Å². The molecule has 0 radical (unpaired) electrons. The van der Waals surface area contributed by atoms with E-state index in [-0.39, 0.29) is 11.5 Å². The van der Waals surface area contributed by atoms with Gasteiger partial charge in [0, 0.05) is 23.8 Å². The molecule has 166 valence electrons. The van der Waals surface area contributed by atoms with Crippen molar-refractivity contribution < 1.29 is 0 Å². The number of rotatable bonds is 5. The maximum Gasteiger partial charge on any atom is 0.145 e. The van der Waals surface area contributed by atoms with Crippen molar-refractivity contribution in [3.63, 3.8) is 0 Å². The number of aryl methyl sites for hydroxylation is 1. The zero-order valence-electron chi connectivity index (χ0n) is 19.8. The van der Waals surface area contributed by atoms with Crippen LogP contribution in [0.15, 0.2) is 54.7 Å². The largest absolute Gasteiger partial charge is 0.365 e. The summed E-state index contributed by atoms with van der Waals surface area (Å²) in [6.45, 7) is 6.19. The van der Waals surface area contributed by atoms with E-state index < -0.39 is 0 Å². The molecule has 1 unspecified atom stereocenters. The van der Waals surface area contributed by atoms with E-state index in [4.69, 9.17) is 4.98 Å². The summed E-state index contributed by atoms with van der Waals surface area (Å²) in [6.07, 6.45) is 6.85. The predicted molar refractivity (Wildman–Crippen MR) is 131 cm³/mol. The average molecular weight is 427 g/mol. The zero-order chi connectivity index (χ0) is 22.3. The Balaban J connectivity index is 1.37. The van der Waals surface area contributed by atoms with Gasteiger partial charge in [-0.2, -0.15) is 0 Å². The molecular weight excluding hydrogens is 392 g/mol. The SMILES string of the molecule is Cc1ccc(C2(c3ccc(N4CCc5cnc(C(C)N(C)C)nc5C4)cc3)CCC2)cc1. The molecule has 0 amide bonds. The van der Waals surface area contributed by atoms with Crippen LogP contribution in [-0.4, -0.2) is 35.5 Å². The van der Waals surface area contributed by atoms with Crippen molar-refractivity contribution in [2.24, 2.45) is 0 Å². The molecule has 3 aromatic rings. The van der Waals surface area contributed by atoms with Crippen molar-refractivity contribution in [2.45, 2.75) is 57.5 Å². The third-order valence-corrected chi connectivity index (χ3v) is 7.71. The van der Waals surface area contributed by atoms with E-state index in [0.717, 1.165) is 25.3 Å². The van der Waals surface area contributed by atoms with Crippen LogP contribution in [0.1, 0.15) is 66.0 Å². The molecule has 0 bridgehead atoms. The van der Waals surface area contributed by atoms with Crippen molar-refractivity contribution in [2.75, 3.05) is 25.5 Å². The molecule has 5 rings (SSSR count). The topological polar surface area (TPSA) is 32.3 Å².